The Bertz CT molecular complexity index is 878. The van der Waals surface area contributed by atoms with Crippen LogP contribution in [0.3, 0.4) is 0 Å². The third-order valence-corrected chi connectivity index (χ3v) is 5.66. The van der Waals surface area contributed by atoms with Gasteiger partial charge < -0.3 is 14.7 Å². The molecule has 0 bridgehead atoms. The smallest absolute Gasteiger partial charge is 0.475 e. The molecule has 3 heterocycles. The number of aryl methyl sites for hydroxylation is 1. The summed E-state index contributed by atoms with van der Waals surface area (Å²) in [6, 6.07) is 1.85. The second-order valence-electron chi connectivity index (χ2n) is 7.24. The van der Waals surface area contributed by atoms with Crippen LogP contribution in [-0.2, 0) is 23.0 Å². The van der Waals surface area contributed by atoms with Gasteiger partial charge in [-0.1, -0.05) is 0 Å². The molecule has 1 aliphatic heterocycles. The highest BCUT2D eigenvalue weighted by Gasteiger charge is 2.38. The number of aliphatic carboxylic acids is 1. The largest absolute Gasteiger partial charge is 0.490 e. The number of amides is 1. The van der Waals surface area contributed by atoms with E-state index >= 15 is 0 Å². The van der Waals surface area contributed by atoms with Crippen LogP contribution in [0.25, 0.3) is 0 Å². The number of hydrogen-bond donors (Lipinski definition) is 1. The first kappa shape index (κ1) is 22.3. The number of carbonyl (C=O) groups is 2. The van der Waals surface area contributed by atoms with E-state index < -0.39 is 12.1 Å². The highest BCUT2D eigenvalue weighted by atomic mass is 32.1. The Morgan fingerprint density at radius 1 is 1.33 bits per heavy atom. The van der Waals surface area contributed by atoms with E-state index in [2.05, 4.69) is 5.10 Å². The SMILES string of the molecule is Cn1ncc2c1C(COCC1CC1)N(C(=O)c1ccsc1)CC2.O=C(O)C(F)(F)F. The molecule has 164 valence electrons. The highest BCUT2D eigenvalue weighted by Crippen LogP contribution is 2.33. The molecule has 1 fully saturated rings. The minimum absolute atomic E-state index is 0.0441. The second kappa shape index (κ2) is 9.17. The number of aromatic nitrogens is 2. The van der Waals surface area contributed by atoms with Crippen molar-refractivity contribution in [2.24, 2.45) is 13.0 Å². The van der Waals surface area contributed by atoms with Crippen molar-refractivity contribution in [1.29, 1.82) is 0 Å². The lowest BCUT2D eigenvalue weighted by atomic mass is 9.99. The van der Waals surface area contributed by atoms with Crippen molar-refractivity contribution in [3.63, 3.8) is 0 Å². The molecule has 0 aromatic carbocycles. The molecule has 0 radical (unpaired) electrons. The molecule has 1 N–H and O–H groups in total. The van der Waals surface area contributed by atoms with Crippen LogP contribution in [0.4, 0.5) is 13.2 Å². The number of thiophene rings is 1. The van der Waals surface area contributed by atoms with Crippen LogP contribution < -0.4 is 0 Å². The predicted octanol–water partition coefficient (Wildman–Crippen LogP) is 3.28. The van der Waals surface area contributed by atoms with E-state index in [9.17, 15) is 18.0 Å². The van der Waals surface area contributed by atoms with Crippen LogP contribution in [0.15, 0.2) is 23.0 Å². The van der Waals surface area contributed by atoms with Crippen molar-refractivity contribution in [1.82, 2.24) is 14.7 Å². The van der Waals surface area contributed by atoms with Crippen LogP contribution in [0.1, 0.15) is 40.5 Å². The van der Waals surface area contributed by atoms with Crippen molar-refractivity contribution < 1.29 is 32.6 Å². The fourth-order valence-electron chi connectivity index (χ4n) is 3.25. The van der Waals surface area contributed by atoms with Gasteiger partial charge in [-0.05, 0) is 42.2 Å². The number of hydrogen-bond acceptors (Lipinski definition) is 5. The van der Waals surface area contributed by atoms with E-state index in [0.29, 0.717) is 6.61 Å². The average Bonchev–Trinajstić information content (AvgIpc) is 3.19. The lowest BCUT2D eigenvalue weighted by Gasteiger charge is -2.36. The first-order valence-electron chi connectivity index (χ1n) is 9.40. The van der Waals surface area contributed by atoms with Gasteiger partial charge in [0.25, 0.3) is 5.91 Å². The summed E-state index contributed by atoms with van der Waals surface area (Å²) < 4.78 is 39.6. The van der Waals surface area contributed by atoms with E-state index in [1.165, 1.54) is 18.4 Å². The monoisotopic (exact) mass is 445 g/mol. The van der Waals surface area contributed by atoms with Crippen molar-refractivity contribution in [3.8, 4) is 0 Å². The summed E-state index contributed by atoms with van der Waals surface area (Å²) in [5, 5.41) is 15.4. The van der Waals surface area contributed by atoms with Gasteiger partial charge in [-0.25, -0.2) is 4.79 Å². The molecule has 7 nitrogen and oxygen atoms in total. The Morgan fingerprint density at radius 2 is 2.03 bits per heavy atom. The Hall–Kier alpha value is -2.40. The Morgan fingerprint density at radius 3 is 2.60 bits per heavy atom. The Balaban J connectivity index is 0.000000318. The number of nitrogens with zero attached hydrogens (tertiary/aromatic N) is 3. The van der Waals surface area contributed by atoms with E-state index in [1.807, 2.05) is 39.7 Å². The molecule has 4 rings (SSSR count). The van der Waals surface area contributed by atoms with E-state index in [-0.39, 0.29) is 11.9 Å². The zero-order valence-corrected chi connectivity index (χ0v) is 17.1. The van der Waals surface area contributed by atoms with E-state index in [1.54, 1.807) is 11.3 Å². The number of rotatable bonds is 5. The van der Waals surface area contributed by atoms with Crippen molar-refractivity contribution in [2.45, 2.75) is 31.5 Å². The maximum atomic E-state index is 12.9. The van der Waals surface area contributed by atoms with Gasteiger partial charge in [-0.15, -0.1) is 0 Å². The molecule has 1 saturated carbocycles. The maximum absolute atomic E-state index is 12.9. The molecule has 1 unspecified atom stereocenters. The molecule has 11 heteroatoms. The molecule has 2 aromatic heterocycles. The summed E-state index contributed by atoms with van der Waals surface area (Å²) in [6.07, 6.45) is 0.256. The average molecular weight is 445 g/mol. The lowest BCUT2D eigenvalue weighted by Crippen LogP contribution is -2.42. The standard InChI is InChI=1S/C17H21N3O2S.C2HF3O2/c1-19-16-13(8-18-19)4-6-20(17(21)14-5-7-23-11-14)15(16)10-22-9-12-2-3-12;3-2(4,5)1(6)7/h5,7-8,11-12,15H,2-4,6,9-10H2,1H3;(H,6,7). The topological polar surface area (TPSA) is 84.7 Å². The Labute approximate surface area is 175 Å². The summed E-state index contributed by atoms with van der Waals surface area (Å²) in [5.41, 5.74) is 3.13. The van der Waals surface area contributed by atoms with Gasteiger partial charge in [-0.2, -0.15) is 29.6 Å². The summed E-state index contributed by atoms with van der Waals surface area (Å²) >= 11 is 1.56. The number of alkyl halides is 3. The fourth-order valence-corrected chi connectivity index (χ4v) is 3.88. The molecule has 2 aliphatic rings. The van der Waals surface area contributed by atoms with Crippen LogP contribution in [0.5, 0.6) is 0 Å². The van der Waals surface area contributed by atoms with Gasteiger partial charge >= 0.3 is 12.1 Å². The fraction of sp³-hybridized carbons (Fsp3) is 0.526. The van der Waals surface area contributed by atoms with Crippen LogP contribution in [0.2, 0.25) is 0 Å². The van der Waals surface area contributed by atoms with Crippen molar-refractivity contribution in [3.05, 3.63) is 39.8 Å². The molecule has 1 aliphatic carbocycles. The van der Waals surface area contributed by atoms with Gasteiger partial charge in [0.1, 0.15) is 0 Å². The first-order chi connectivity index (χ1) is 14.2. The number of carboxylic acid groups (broad SMARTS) is 1. The van der Waals surface area contributed by atoms with Crippen molar-refractivity contribution >= 4 is 23.2 Å². The first-order valence-corrected chi connectivity index (χ1v) is 10.3. The quantitative estimate of drug-likeness (QED) is 0.764. The highest BCUT2D eigenvalue weighted by molar-refractivity contribution is 7.08. The lowest BCUT2D eigenvalue weighted by molar-refractivity contribution is -0.192. The number of carboxylic acids is 1. The third kappa shape index (κ3) is 5.39. The third-order valence-electron chi connectivity index (χ3n) is 4.98. The van der Waals surface area contributed by atoms with Crippen LogP contribution in [0, 0.1) is 5.92 Å². The molecular weight excluding hydrogens is 423 g/mol. The molecule has 0 spiro atoms. The zero-order chi connectivity index (χ0) is 21.9. The zero-order valence-electron chi connectivity index (χ0n) is 16.3. The minimum Gasteiger partial charge on any atom is -0.475 e. The molecule has 0 saturated heterocycles. The van der Waals surface area contributed by atoms with Gasteiger partial charge in [0, 0.05) is 25.6 Å². The van der Waals surface area contributed by atoms with Gasteiger partial charge in [-0.3, -0.25) is 9.48 Å². The van der Waals surface area contributed by atoms with E-state index in [0.717, 1.165) is 36.7 Å². The number of fused-ring (bicyclic) bond motifs is 1. The molecular formula is C19H22F3N3O4S. The van der Waals surface area contributed by atoms with E-state index in [4.69, 9.17) is 14.6 Å². The normalized spacial score (nSPS) is 18.4. The molecule has 30 heavy (non-hydrogen) atoms. The Kier molecular flexibility index (Phi) is 6.81. The molecule has 1 amide bonds. The summed E-state index contributed by atoms with van der Waals surface area (Å²) in [6.45, 7) is 2.09. The number of halogens is 3. The summed E-state index contributed by atoms with van der Waals surface area (Å²) in [5.74, 6) is -1.93. The summed E-state index contributed by atoms with van der Waals surface area (Å²) in [4.78, 5) is 23.7. The van der Waals surface area contributed by atoms with Crippen LogP contribution >= 0.6 is 11.3 Å². The van der Waals surface area contributed by atoms with Gasteiger partial charge in [0.15, 0.2) is 0 Å². The van der Waals surface area contributed by atoms with Crippen LogP contribution in [-0.4, -0.2) is 57.6 Å². The predicted molar refractivity (Wildman–Crippen MR) is 102 cm³/mol. The van der Waals surface area contributed by atoms with Gasteiger partial charge in [0.05, 0.1) is 30.1 Å². The molecule has 2 aromatic rings. The van der Waals surface area contributed by atoms with Crippen molar-refractivity contribution in [2.75, 3.05) is 19.8 Å². The minimum atomic E-state index is -5.08. The van der Waals surface area contributed by atoms with Gasteiger partial charge in [0.2, 0.25) is 0 Å². The number of carbonyl (C=O) groups excluding carboxylic acids is 1. The number of ether oxygens (including phenoxy) is 1. The second-order valence-corrected chi connectivity index (χ2v) is 8.02. The maximum Gasteiger partial charge on any atom is 0.490 e. The summed E-state index contributed by atoms with van der Waals surface area (Å²) in [7, 11) is 1.95. The molecule has 1 atom stereocenters.